The van der Waals surface area contributed by atoms with Gasteiger partial charge in [0.2, 0.25) is 5.91 Å². The van der Waals surface area contributed by atoms with Crippen LogP contribution in [0.15, 0.2) is 121 Å². The lowest BCUT2D eigenvalue weighted by Gasteiger charge is -2.25. The Bertz CT molecular complexity index is 1650. The fourth-order valence-corrected chi connectivity index (χ4v) is 4.92. The Kier molecular flexibility index (Phi) is 6.56. The molecule has 2 N–H and O–H groups in total. The molecule has 0 bridgehead atoms. The molecule has 186 valence electrons. The molecule has 6 rings (SSSR count). The summed E-state index contributed by atoms with van der Waals surface area (Å²) in [7, 11) is 0. The predicted octanol–water partition coefficient (Wildman–Crippen LogP) is 7.58. The first-order valence-electron chi connectivity index (χ1n) is 12.9. The molecule has 4 aromatic carbocycles. The van der Waals surface area contributed by atoms with Crippen LogP contribution in [0.5, 0.6) is 0 Å². The molecule has 6 aromatic rings. The predicted molar refractivity (Wildman–Crippen MR) is 155 cm³/mol. The molecule has 2 aromatic heterocycles. The highest BCUT2D eigenvalue weighted by atomic mass is 16.2. The summed E-state index contributed by atoms with van der Waals surface area (Å²) in [6.07, 6.45) is 1.88. The quantitative estimate of drug-likeness (QED) is 0.214. The Hall–Kier alpha value is -4.90. The van der Waals surface area contributed by atoms with Gasteiger partial charge in [0, 0.05) is 22.7 Å². The van der Waals surface area contributed by atoms with Gasteiger partial charge in [-0.3, -0.25) is 15.2 Å². The number of nitrogens with one attached hydrogen (secondary N) is 2. The van der Waals surface area contributed by atoms with Crippen molar-refractivity contribution >= 4 is 39.1 Å². The first kappa shape index (κ1) is 23.5. The first-order chi connectivity index (χ1) is 18.8. The van der Waals surface area contributed by atoms with E-state index < -0.39 is 0 Å². The van der Waals surface area contributed by atoms with Crippen molar-refractivity contribution in [3.63, 3.8) is 0 Å². The SMILES string of the molecule is O=C(CCCc1c(-c2ccc3ccccc3n2)[nH]c2ccccc12)NN(c1ccccc1)c1ccccc1. The number of benzene rings is 4. The second-order valence-electron chi connectivity index (χ2n) is 9.31. The smallest absolute Gasteiger partial charge is 0.238 e. The number of anilines is 2. The van der Waals surface area contributed by atoms with Gasteiger partial charge in [-0.2, -0.15) is 0 Å². The van der Waals surface area contributed by atoms with E-state index in [0.29, 0.717) is 12.8 Å². The normalized spacial score (nSPS) is 11.1. The second kappa shape index (κ2) is 10.6. The van der Waals surface area contributed by atoms with Gasteiger partial charge < -0.3 is 4.98 Å². The summed E-state index contributed by atoms with van der Waals surface area (Å²) in [6, 6.07) is 40.4. The molecule has 0 fully saturated rings. The molecule has 2 heterocycles. The van der Waals surface area contributed by atoms with Crippen LogP contribution < -0.4 is 10.4 Å². The Balaban J connectivity index is 1.22. The number of aromatic amines is 1. The summed E-state index contributed by atoms with van der Waals surface area (Å²) in [5, 5.41) is 4.14. The molecular formula is C33H28N4O. The van der Waals surface area contributed by atoms with Gasteiger partial charge in [0.25, 0.3) is 0 Å². The molecule has 0 saturated carbocycles. The van der Waals surface area contributed by atoms with E-state index in [1.54, 1.807) is 0 Å². The van der Waals surface area contributed by atoms with Crippen molar-refractivity contribution in [2.45, 2.75) is 19.3 Å². The number of carbonyl (C=O) groups is 1. The topological polar surface area (TPSA) is 61.0 Å². The maximum atomic E-state index is 13.1. The molecule has 0 saturated heterocycles. The molecule has 0 radical (unpaired) electrons. The lowest BCUT2D eigenvalue weighted by atomic mass is 10.0. The first-order valence-corrected chi connectivity index (χ1v) is 12.9. The third-order valence-electron chi connectivity index (χ3n) is 6.76. The van der Waals surface area contributed by atoms with Crippen LogP contribution in [-0.4, -0.2) is 15.9 Å². The van der Waals surface area contributed by atoms with Crippen molar-refractivity contribution in [1.82, 2.24) is 15.4 Å². The molecule has 0 spiro atoms. The van der Waals surface area contributed by atoms with Crippen molar-refractivity contribution in [2.75, 3.05) is 5.01 Å². The van der Waals surface area contributed by atoms with Gasteiger partial charge in [0.05, 0.1) is 28.3 Å². The van der Waals surface area contributed by atoms with Crippen LogP contribution in [-0.2, 0) is 11.2 Å². The number of H-pyrrole nitrogens is 1. The number of carbonyl (C=O) groups excluding carboxylic acids is 1. The molecular weight excluding hydrogens is 468 g/mol. The Labute approximate surface area is 221 Å². The number of nitrogens with zero attached hydrogens (tertiary/aromatic N) is 2. The van der Waals surface area contributed by atoms with E-state index in [-0.39, 0.29) is 5.91 Å². The minimum absolute atomic E-state index is 0.0251. The van der Waals surface area contributed by atoms with E-state index in [9.17, 15) is 4.79 Å². The molecule has 0 atom stereocenters. The number of amides is 1. The average molecular weight is 497 g/mol. The maximum absolute atomic E-state index is 13.1. The molecule has 0 unspecified atom stereocenters. The molecule has 0 aliphatic rings. The third-order valence-corrected chi connectivity index (χ3v) is 6.76. The fourth-order valence-electron chi connectivity index (χ4n) is 4.92. The maximum Gasteiger partial charge on any atom is 0.238 e. The van der Waals surface area contributed by atoms with E-state index in [4.69, 9.17) is 4.98 Å². The summed E-state index contributed by atoms with van der Waals surface area (Å²) in [5.41, 5.74) is 10.1. The number of pyridine rings is 1. The lowest BCUT2D eigenvalue weighted by Crippen LogP contribution is -2.38. The average Bonchev–Trinajstić information content (AvgIpc) is 3.35. The summed E-state index contributed by atoms with van der Waals surface area (Å²) < 4.78 is 0. The van der Waals surface area contributed by atoms with Crippen LogP contribution >= 0.6 is 0 Å². The van der Waals surface area contributed by atoms with Crippen LogP contribution in [0.3, 0.4) is 0 Å². The van der Waals surface area contributed by atoms with Crippen molar-refractivity contribution < 1.29 is 4.79 Å². The van der Waals surface area contributed by atoms with Crippen molar-refractivity contribution in [1.29, 1.82) is 0 Å². The highest BCUT2D eigenvalue weighted by Crippen LogP contribution is 2.32. The molecule has 5 heteroatoms. The van der Waals surface area contributed by atoms with E-state index in [2.05, 4.69) is 46.8 Å². The summed E-state index contributed by atoms with van der Waals surface area (Å²) in [4.78, 5) is 21.6. The number of fused-ring (bicyclic) bond motifs is 2. The van der Waals surface area contributed by atoms with Gasteiger partial charge >= 0.3 is 0 Å². The zero-order chi connectivity index (χ0) is 25.7. The molecule has 1 amide bonds. The fraction of sp³-hybridized carbons (Fsp3) is 0.0909. The zero-order valence-electron chi connectivity index (χ0n) is 21.0. The lowest BCUT2D eigenvalue weighted by molar-refractivity contribution is -0.121. The summed E-state index contributed by atoms with van der Waals surface area (Å²) >= 11 is 0. The monoisotopic (exact) mass is 496 g/mol. The van der Waals surface area contributed by atoms with E-state index in [1.165, 1.54) is 10.9 Å². The van der Waals surface area contributed by atoms with Crippen molar-refractivity contribution in [3.05, 3.63) is 127 Å². The van der Waals surface area contributed by atoms with Crippen LogP contribution in [0.25, 0.3) is 33.2 Å². The Morgan fingerprint density at radius 3 is 2.16 bits per heavy atom. The van der Waals surface area contributed by atoms with Crippen LogP contribution in [0.2, 0.25) is 0 Å². The Morgan fingerprint density at radius 2 is 1.39 bits per heavy atom. The molecule has 38 heavy (non-hydrogen) atoms. The van der Waals surface area contributed by atoms with Crippen LogP contribution in [0, 0.1) is 0 Å². The number of hydrogen-bond donors (Lipinski definition) is 2. The number of aryl methyl sites for hydroxylation is 1. The van der Waals surface area contributed by atoms with Gasteiger partial charge in [-0.1, -0.05) is 78.9 Å². The number of hydrogen-bond acceptors (Lipinski definition) is 3. The van der Waals surface area contributed by atoms with Gasteiger partial charge in [-0.25, -0.2) is 4.98 Å². The van der Waals surface area contributed by atoms with E-state index in [0.717, 1.165) is 45.6 Å². The number of aromatic nitrogens is 2. The zero-order valence-corrected chi connectivity index (χ0v) is 21.0. The number of para-hydroxylation sites is 4. The molecule has 0 aliphatic heterocycles. The highest BCUT2D eigenvalue weighted by molar-refractivity contribution is 5.91. The third kappa shape index (κ3) is 4.87. The largest absolute Gasteiger partial charge is 0.353 e. The van der Waals surface area contributed by atoms with Crippen LogP contribution in [0.1, 0.15) is 18.4 Å². The highest BCUT2D eigenvalue weighted by Gasteiger charge is 2.16. The molecule has 5 nitrogen and oxygen atoms in total. The van der Waals surface area contributed by atoms with E-state index in [1.807, 2.05) is 89.9 Å². The van der Waals surface area contributed by atoms with E-state index >= 15 is 0 Å². The second-order valence-corrected chi connectivity index (χ2v) is 9.31. The van der Waals surface area contributed by atoms with Crippen LogP contribution in [0.4, 0.5) is 11.4 Å². The summed E-state index contributed by atoms with van der Waals surface area (Å²) in [5.74, 6) is -0.0251. The molecule has 0 aliphatic carbocycles. The van der Waals surface area contributed by atoms with Gasteiger partial charge in [0.1, 0.15) is 0 Å². The van der Waals surface area contributed by atoms with Gasteiger partial charge in [0.15, 0.2) is 0 Å². The minimum Gasteiger partial charge on any atom is -0.353 e. The number of rotatable bonds is 8. The Morgan fingerprint density at radius 1 is 0.737 bits per heavy atom. The minimum atomic E-state index is -0.0251. The number of hydrazine groups is 1. The van der Waals surface area contributed by atoms with Crippen molar-refractivity contribution in [3.8, 4) is 11.4 Å². The van der Waals surface area contributed by atoms with Crippen molar-refractivity contribution in [2.24, 2.45) is 0 Å². The van der Waals surface area contributed by atoms with Gasteiger partial charge in [-0.05, 0) is 60.9 Å². The van der Waals surface area contributed by atoms with Gasteiger partial charge in [-0.15, -0.1) is 0 Å². The summed E-state index contributed by atoms with van der Waals surface area (Å²) in [6.45, 7) is 0. The standard InChI is InChI=1S/C33H28N4O/c38-32(36-37(25-13-3-1-4-14-25)26-15-5-2-6-16-26)21-11-18-28-27-17-8-10-20-30(27)35-33(28)31-23-22-24-12-7-9-19-29(24)34-31/h1-10,12-17,19-20,22-23,35H,11,18,21H2,(H,36,38).